The number of anilines is 2. The molecule has 0 atom stereocenters. The van der Waals surface area contributed by atoms with Crippen LogP contribution in [0.3, 0.4) is 0 Å². The lowest BCUT2D eigenvalue weighted by atomic mass is 10.1. The molecule has 0 saturated heterocycles. The standard InChI is InChI=1S/C19H18Cl2N4O3/c1-26-14-6-15(27-2)17(21)12(16(14)20)9-28-10-7-24-19(25-8-10)11-4-3-5-13(22)18(11)23/h3-8H,9,22-23H2,1-2H3. The minimum atomic E-state index is 0.0777. The van der Waals surface area contributed by atoms with Crippen molar-refractivity contribution in [1.82, 2.24) is 9.97 Å². The van der Waals surface area contributed by atoms with Crippen molar-refractivity contribution in [2.75, 3.05) is 25.7 Å². The quantitative estimate of drug-likeness (QED) is 0.575. The summed E-state index contributed by atoms with van der Waals surface area (Å²) in [5.41, 5.74) is 13.9. The molecule has 0 aliphatic rings. The Labute approximate surface area is 172 Å². The lowest BCUT2D eigenvalue weighted by Gasteiger charge is -2.15. The van der Waals surface area contributed by atoms with E-state index in [1.807, 2.05) is 0 Å². The molecule has 0 spiro atoms. The summed E-state index contributed by atoms with van der Waals surface area (Å²) < 4.78 is 16.2. The topological polar surface area (TPSA) is 106 Å². The van der Waals surface area contributed by atoms with Crippen LogP contribution in [0.5, 0.6) is 17.2 Å². The zero-order valence-corrected chi connectivity index (χ0v) is 16.7. The molecule has 146 valence electrons. The number of hydrogen-bond donors (Lipinski definition) is 2. The van der Waals surface area contributed by atoms with Crippen LogP contribution in [0.25, 0.3) is 11.4 Å². The highest BCUT2D eigenvalue weighted by Gasteiger charge is 2.18. The van der Waals surface area contributed by atoms with Gasteiger partial charge in [-0.2, -0.15) is 0 Å². The molecule has 3 rings (SSSR count). The Morgan fingerprint density at radius 3 is 2.14 bits per heavy atom. The summed E-state index contributed by atoms with van der Waals surface area (Å²) in [5.74, 6) is 1.74. The highest BCUT2D eigenvalue weighted by molar-refractivity contribution is 6.37. The molecule has 1 aromatic heterocycles. The van der Waals surface area contributed by atoms with E-state index >= 15 is 0 Å². The lowest BCUT2D eigenvalue weighted by Crippen LogP contribution is -2.02. The van der Waals surface area contributed by atoms with Gasteiger partial charge in [0.2, 0.25) is 0 Å². The molecule has 4 N–H and O–H groups in total. The smallest absolute Gasteiger partial charge is 0.161 e. The number of nitrogens with zero attached hydrogens (tertiary/aromatic N) is 2. The van der Waals surface area contributed by atoms with Gasteiger partial charge in [0.25, 0.3) is 0 Å². The number of para-hydroxylation sites is 1. The molecule has 7 nitrogen and oxygen atoms in total. The van der Waals surface area contributed by atoms with E-state index in [0.29, 0.717) is 55.6 Å². The first-order valence-electron chi connectivity index (χ1n) is 8.14. The van der Waals surface area contributed by atoms with Crippen molar-refractivity contribution in [2.45, 2.75) is 6.61 Å². The number of nitrogen functional groups attached to an aromatic ring is 2. The second kappa shape index (κ2) is 8.41. The molecule has 28 heavy (non-hydrogen) atoms. The van der Waals surface area contributed by atoms with E-state index in [-0.39, 0.29) is 6.61 Å². The van der Waals surface area contributed by atoms with Crippen LogP contribution in [-0.4, -0.2) is 24.2 Å². The maximum absolute atomic E-state index is 6.34. The van der Waals surface area contributed by atoms with Gasteiger partial charge < -0.3 is 25.7 Å². The summed E-state index contributed by atoms with van der Waals surface area (Å²) in [6, 6.07) is 6.91. The summed E-state index contributed by atoms with van der Waals surface area (Å²) in [7, 11) is 3.02. The van der Waals surface area contributed by atoms with Gasteiger partial charge in [-0.3, -0.25) is 0 Å². The van der Waals surface area contributed by atoms with E-state index in [9.17, 15) is 0 Å². The predicted octanol–water partition coefficient (Wildman–Crippen LogP) is 4.21. The predicted molar refractivity (Wildman–Crippen MR) is 110 cm³/mol. The normalized spacial score (nSPS) is 10.6. The molecule has 0 saturated carbocycles. The molecule has 0 aliphatic carbocycles. The molecule has 0 fully saturated rings. The Morgan fingerprint density at radius 1 is 0.964 bits per heavy atom. The number of ether oxygens (including phenoxy) is 3. The molecular weight excluding hydrogens is 403 g/mol. The summed E-state index contributed by atoms with van der Waals surface area (Å²) in [4.78, 5) is 8.58. The Hall–Kier alpha value is -2.90. The van der Waals surface area contributed by atoms with Crippen LogP contribution in [0.15, 0.2) is 36.7 Å². The van der Waals surface area contributed by atoms with Gasteiger partial charge >= 0.3 is 0 Å². The largest absolute Gasteiger partial charge is 0.495 e. The second-order valence-electron chi connectivity index (χ2n) is 5.73. The molecule has 2 aromatic carbocycles. The van der Waals surface area contributed by atoms with E-state index in [4.69, 9.17) is 48.9 Å². The summed E-state index contributed by atoms with van der Waals surface area (Å²) in [6.45, 7) is 0.0777. The third-order valence-corrected chi connectivity index (χ3v) is 4.89. The third kappa shape index (κ3) is 3.85. The molecule has 0 radical (unpaired) electrons. The van der Waals surface area contributed by atoms with Crippen LogP contribution in [0.4, 0.5) is 11.4 Å². The van der Waals surface area contributed by atoms with Crippen molar-refractivity contribution in [3.63, 3.8) is 0 Å². The average molecular weight is 421 g/mol. The van der Waals surface area contributed by atoms with Crippen LogP contribution >= 0.6 is 23.2 Å². The van der Waals surface area contributed by atoms with Gasteiger partial charge in [-0.1, -0.05) is 29.3 Å². The Balaban J connectivity index is 1.82. The Morgan fingerprint density at radius 2 is 1.57 bits per heavy atom. The molecular formula is C19H18Cl2N4O3. The van der Waals surface area contributed by atoms with Crippen molar-refractivity contribution in [3.8, 4) is 28.6 Å². The molecule has 0 unspecified atom stereocenters. The van der Waals surface area contributed by atoms with Gasteiger partial charge in [0, 0.05) is 17.2 Å². The number of nitrogens with two attached hydrogens (primary N) is 2. The van der Waals surface area contributed by atoms with Gasteiger partial charge in [-0.25, -0.2) is 9.97 Å². The van der Waals surface area contributed by atoms with E-state index in [2.05, 4.69) is 9.97 Å². The van der Waals surface area contributed by atoms with Crippen LogP contribution < -0.4 is 25.7 Å². The zero-order valence-electron chi connectivity index (χ0n) is 15.2. The zero-order chi connectivity index (χ0) is 20.3. The highest BCUT2D eigenvalue weighted by atomic mass is 35.5. The van der Waals surface area contributed by atoms with Crippen LogP contribution in [0.2, 0.25) is 10.0 Å². The van der Waals surface area contributed by atoms with Crippen molar-refractivity contribution in [1.29, 1.82) is 0 Å². The van der Waals surface area contributed by atoms with E-state index in [1.54, 1.807) is 24.3 Å². The SMILES string of the molecule is COc1cc(OC)c(Cl)c(COc2cnc(-c3cccc(N)c3N)nc2)c1Cl. The first-order chi connectivity index (χ1) is 13.5. The maximum atomic E-state index is 6.34. The average Bonchev–Trinajstić information content (AvgIpc) is 2.71. The van der Waals surface area contributed by atoms with Crippen molar-refractivity contribution in [3.05, 3.63) is 52.3 Å². The van der Waals surface area contributed by atoms with Gasteiger partial charge in [-0.15, -0.1) is 0 Å². The number of hydrogen-bond acceptors (Lipinski definition) is 7. The number of aromatic nitrogens is 2. The number of methoxy groups -OCH3 is 2. The minimum absolute atomic E-state index is 0.0777. The number of benzene rings is 2. The van der Waals surface area contributed by atoms with Crippen LogP contribution in [0.1, 0.15) is 5.56 Å². The second-order valence-corrected chi connectivity index (χ2v) is 6.48. The fourth-order valence-electron chi connectivity index (χ4n) is 2.53. The van der Waals surface area contributed by atoms with Crippen LogP contribution in [-0.2, 0) is 6.61 Å². The first kappa shape index (κ1) is 19.9. The minimum Gasteiger partial charge on any atom is -0.495 e. The van der Waals surface area contributed by atoms with E-state index in [0.717, 1.165) is 0 Å². The highest BCUT2D eigenvalue weighted by Crippen LogP contribution is 2.40. The first-order valence-corrected chi connectivity index (χ1v) is 8.89. The fraction of sp³-hybridized carbons (Fsp3) is 0.158. The van der Waals surface area contributed by atoms with Gasteiger partial charge in [-0.05, 0) is 12.1 Å². The van der Waals surface area contributed by atoms with Gasteiger partial charge in [0.15, 0.2) is 11.6 Å². The van der Waals surface area contributed by atoms with Crippen molar-refractivity contribution >= 4 is 34.6 Å². The monoisotopic (exact) mass is 420 g/mol. The molecule has 9 heteroatoms. The Bertz CT molecular complexity index is 969. The third-order valence-electron chi connectivity index (χ3n) is 4.06. The maximum Gasteiger partial charge on any atom is 0.161 e. The molecule has 0 bridgehead atoms. The summed E-state index contributed by atoms with van der Waals surface area (Å²) in [6.07, 6.45) is 3.06. The van der Waals surface area contributed by atoms with Crippen molar-refractivity contribution in [2.24, 2.45) is 0 Å². The molecule has 1 heterocycles. The number of rotatable bonds is 6. The van der Waals surface area contributed by atoms with Gasteiger partial charge in [0.1, 0.15) is 18.1 Å². The van der Waals surface area contributed by atoms with Crippen molar-refractivity contribution < 1.29 is 14.2 Å². The Kier molecular flexibility index (Phi) is 5.96. The number of halogens is 2. The van der Waals surface area contributed by atoms with Crippen LogP contribution in [0, 0.1) is 0 Å². The van der Waals surface area contributed by atoms with E-state index < -0.39 is 0 Å². The summed E-state index contributed by atoms with van der Waals surface area (Å²) >= 11 is 12.7. The molecule has 3 aromatic rings. The van der Waals surface area contributed by atoms with Gasteiger partial charge in [0.05, 0.1) is 48.0 Å². The molecule has 0 aliphatic heterocycles. The fourth-order valence-corrected chi connectivity index (χ4v) is 3.14. The lowest BCUT2D eigenvalue weighted by molar-refractivity contribution is 0.301. The summed E-state index contributed by atoms with van der Waals surface area (Å²) in [5, 5.41) is 0.691. The van der Waals surface area contributed by atoms with E-state index in [1.165, 1.54) is 26.6 Å². The molecule has 0 amide bonds.